The Labute approximate surface area is 185 Å². The van der Waals surface area contributed by atoms with Crippen LogP contribution in [0.25, 0.3) is 0 Å². The summed E-state index contributed by atoms with van der Waals surface area (Å²) in [6.45, 7) is 5.25. The van der Waals surface area contributed by atoms with Crippen LogP contribution in [0, 0.1) is 6.92 Å². The van der Waals surface area contributed by atoms with E-state index in [9.17, 15) is 0 Å². The normalized spacial score (nSPS) is 14.8. The average molecular weight is 427 g/mol. The molecule has 7 heteroatoms. The minimum absolute atomic E-state index is 0.382. The highest BCUT2D eigenvalue weighted by molar-refractivity contribution is 5.80. The summed E-state index contributed by atoms with van der Waals surface area (Å²) in [7, 11) is 5.16. The topological polar surface area (TPSA) is 67.4 Å². The molecule has 0 radical (unpaired) electrons. The predicted molar refractivity (Wildman–Crippen MR) is 126 cm³/mol. The van der Waals surface area contributed by atoms with Crippen LogP contribution in [0.3, 0.4) is 0 Å². The maximum absolute atomic E-state index is 5.85. The molecule has 0 saturated carbocycles. The molecule has 1 heterocycles. The monoisotopic (exact) mass is 426 g/mol. The van der Waals surface area contributed by atoms with Gasteiger partial charge in [-0.05, 0) is 31.4 Å². The van der Waals surface area contributed by atoms with E-state index in [4.69, 9.17) is 14.2 Å². The van der Waals surface area contributed by atoms with Gasteiger partial charge >= 0.3 is 0 Å². The molecule has 0 unspecified atom stereocenters. The lowest BCUT2D eigenvalue weighted by Gasteiger charge is -2.34. The van der Waals surface area contributed by atoms with Gasteiger partial charge in [0.2, 0.25) is 0 Å². The van der Waals surface area contributed by atoms with E-state index in [2.05, 4.69) is 45.6 Å². The Balaban J connectivity index is 1.43. The van der Waals surface area contributed by atoms with Crippen LogP contribution in [0.2, 0.25) is 0 Å². The molecule has 1 aliphatic rings. The van der Waals surface area contributed by atoms with Gasteiger partial charge < -0.3 is 29.7 Å². The molecule has 3 rings (SSSR count). The standard InChI is InChI=1S/C24H34N4O3/c1-18-7-5-6-8-23(18)31-14-11-26-24(25-2)27-19-9-12-28(13-10-19)20-15-21(29-3)17-22(16-20)30-4/h5-8,15-17,19H,9-14H2,1-4H3,(H2,25,26,27). The Morgan fingerprint density at radius 3 is 2.35 bits per heavy atom. The molecular weight excluding hydrogens is 392 g/mol. The van der Waals surface area contributed by atoms with Gasteiger partial charge in [-0.1, -0.05) is 18.2 Å². The number of nitrogens with zero attached hydrogens (tertiary/aromatic N) is 2. The van der Waals surface area contributed by atoms with Crippen LogP contribution in [0.1, 0.15) is 18.4 Å². The summed E-state index contributed by atoms with van der Waals surface area (Å²) in [5.41, 5.74) is 2.27. The van der Waals surface area contributed by atoms with Gasteiger partial charge in [-0.3, -0.25) is 4.99 Å². The number of piperidine rings is 1. The van der Waals surface area contributed by atoms with Crippen molar-refractivity contribution < 1.29 is 14.2 Å². The number of methoxy groups -OCH3 is 2. The summed E-state index contributed by atoms with van der Waals surface area (Å²) in [5.74, 6) is 3.36. The first kappa shape index (κ1) is 22.6. The van der Waals surface area contributed by atoms with Crippen molar-refractivity contribution in [3.05, 3.63) is 48.0 Å². The second-order valence-electron chi connectivity index (χ2n) is 7.59. The van der Waals surface area contributed by atoms with E-state index in [1.54, 1.807) is 21.3 Å². The Morgan fingerprint density at radius 2 is 1.74 bits per heavy atom. The fourth-order valence-electron chi connectivity index (χ4n) is 3.69. The number of nitrogens with one attached hydrogen (secondary N) is 2. The van der Waals surface area contributed by atoms with Crippen LogP contribution in [-0.4, -0.2) is 59.5 Å². The van der Waals surface area contributed by atoms with Gasteiger partial charge in [0.1, 0.15) is 23.9 Å². The third-order valence-corrected chi connectivity index (χ3v) is 5.51. The lowest BCUT2D eigenvalue weighted by atomic mass is 10.0. The molecule has 168 valence electrons. The zero-order valence-corrected chi connectivity index (χ0v) is 19.0. The first-order valence-electron chi connectivity index (χ1n) is 10.8. The fourth-order valence-corrected chi connectivity index (χ4v) is 3.69. The highest BCUT2D eigenvalue weighted by atomic mass is 16.5. The Bertz CT molecular complexity index is 841. The van der Waals surface area contributed by atoms with E-state index in [-0.39, 0.29) is 0 Å². The second-order valence-corrected chi connectivity index (χ2v) is 7.59. The van der Waals surface area contributed by atoms with E-state index >= 15 is 0 Å². The van der Waals surface area contributed by atoms with E-state index in [1.807, 2.05) is 24.3 Å². The maximum atomic E-state index is 5.85. The lowest BCUT2D eigenvalue weighted by molar-refractivity contribution is 0.319. The predicted octanol–water partition coefficient (Wildman–Crippen LogP) is 3.23. The number of anilines is 1. The van der Waals surface area contributed by atoms with Crippen molar-refractivity contribution in [2.24, 2.45) is 4.99 Å². The fraction of sp³-hybridized carbons (Fsp3) is 0.458. The van der Waals surface area contributed by atoms with Gasteiger partial charge in [0, 0.05) is 50.1 Å². The lowest BCUT2D eigenvalue weighted by Crippen LogP contribution is -2.49. The summed E-state index contributed by atoms with van der Waals surface area (Å²) < 4.78 is 16.7. The number of guanidine groups is 1. The maximum Gasteiger partial charge on any atom is 0.191 e. The summed E-state index contributed by atoms with van der Waals surface area (Å²) >= 11 is 0. The molecule has 2 aromatic rings. The molecule has 0 bridgehead atoms. The van der Waals surface area contributed by atoms with Crippen molar-refractivity contribution in [3.63, 3.8) is 0 Å². The number of hydrogen-bond donors (Lipinski definition) is 2. The average Bonchev–Trinajstić information content (AvgIpc) is 2.82. The Morgan fingerprint density at radius 1 is 1.06 bits per heavy atom. The number of hydrogen-bond acceptors (Lipinski definition) is 5. The number of rotatable bonds is 8. The molecule has 7 nitrogen and oxygen atoms in total. The van der Waals surface area contributed by atoms with Crippen molar-refractivity contribution in [3.8, 4) is 17.2 Å². The van der Waals surface area contributed by atoms with Crippen molar-refractivity contribution in [1.82, 2.24) is 10.6 Å². The van der Waals surface area contributed by atoms with Gasteiger partial charge in [-0.15, -0.1) is 0 Å². The molecule has 0 aromatic heterocycles. The Kier molecular flexibility index (Phi) is 8.27. The van der Waals surface area contributed by atoms with Crippen molar-refractivity contribution in [2.45, 2.75) is 25.8 Å². The first-order valence-corrected chi connectivity index (χ1v) is 10.8. The molecule has 2 aromatic carbocycles. The third-order valence-electron chi connectivity index (χ3n) is 5.51. The SMILES string of the molecule is CN=C(NCCOc1ccccc1C)NC1CCN(c2cc(OC)cc(OC)c2)CC1. The van der Waals surface area contributed by atoms with Crippen molar-refractivity contribution in [1.29, 1.82) is 0 Å². The molecule has 0 aliphatic carbocycles. The van der Waals surface area contributed by atoms with Crippen molar-refractivity contribution >= 4 is 11.6 Å². The first-order chi connectivity index (χ1) is 15.1. The van der Waals surface area contributed by atoms with E-state index in [0.29, 0.717) is 19.2 Å². The van der Waals surface area contributed by atoms with Crippen LogP contribution < -0.4 is 29.7 Å². The molecule has 0 atom stereocenters. The highest BCUT2D eigenvalue weighted by Gasteiger charge is 2.21. The van der Waals surface area contributed by atoms with Crippen LogP contribution in [0.4, 0.5) is 5.69 Å². The number of benzene rings is 2. The molecule has 0 spiro atoms. The van der Waals surface area contributed by atoms with Crippen LogP contribution in [-0.2, 0) is 0 Å². The van der Waals surface area contributed by atoms with Crippen LogP contribution in [0.15, 0.2) is 47.5 Å². The molecule has 0 amide bonds. The van der Waals surface area contributed by atoms with E-state index in [1.165, 1.54) is 0 Å². The van der Waals surface area contributed by atoms with Gasteiger partial charge in [0.25, 0.3) is 0 Å². The zero-order chi connectivity index (χ0) is 22.1. The van der Waals surface area contributed by atoms with E-state index < -0.39 is 0 Å². The molecule has 1 saturated heterocycles. The van der Waals surface area contributed by atoms with Gasteiger partial charge in [0.15, 0.2) is 5.96 Å². The van der Waals surface area contributed by atoms with Crippen molar-refractivity contribution in [2.75, 3.05) is 52.4 Å². The van der Waals surface area contributed by atoms with Gasteiger partial charge in [-0.25, -0.2) is 0 Å². The van der Waals surface area contributed by atoms with Gasteiger partial charge in [-0.2, -0.15) is 0 Å². The van der Waals surface area contributed by atoms with Crippen LogP contribution in [0.5, 0.6) is 17.2 Å². The quantitative estimate of drug-likeness (QED) is 0.384. The number of aryl methyl sites for hydroxylation is 1. The number of para-hydroxylation sites is 1. The summed E-state index contributed by atoms with van der Waals surface area (Å²) in [4.78, 5) is 6.73. The molecule has 31 heavy (non-hydrogen) atoms. The molecular formula is C24H34N4O3. The third kappa shape index (κ3) is 6.44. The minimum atomic E-state index is 0.382. The number of ether oxygens (including phenoxy) is 3. The molecule has 2 N–H and O–H groups in total. The second kappa shape index (κ2) is 11.3. The largest absolute Gasteiger partial charge is 0.497 e. The number of aliphatic imine (C=N–C) groups is 1. The molecule has 1 fully saturated rings. The minimum Gasteiger partial charge on any atom is -0.497 e. The zero-order valence-electron chi connectivity index (χ0n) is 19.0. The smallest absolute Gasteiger partial charge is 0.191 e. The summed E-state index contributed by atoms with van der Waals surface area (Å²) in [5, 5.41) is 6.89. The Hall–Kier alpha value is -3.09. The van der Waals surface area contributed by atoms with E-state index in [0.717, 1.165) is 60.4 Å². The van der Waals surface area contributed by atoms with Crippen LogP contribution >= 0.6 is 0 Å². The highest BCUT2D eigenvalue weighted by Crippen LogP contribution is 2.30. The summed E-state index contributed by atoms with van der Waals surface area (Å²) in [6.07, 6.45) is 2.06. The van der Waals surface area contributed by atoms with Gasteiger partial charge in [0.05, 0.1) is 20.8 Å². The molecule has 1 aliphatic heterocycles. The summed E-state index contributed by atoms with van der Waals surface area (Å²) in [6, 6.07) is 14.5.